The highest BCUT2D eigenvalue weighted by atomic mass is 32.2. The highest BCUT2D eigenvalue weighted by Gasteiger charge is 2.25. The fourth-order valence-electron chi connectivity index (χ4n) is 4.40. The number of nitrogens with zero attached hydrogens (tertiary/aromatic N) is 4. The van der Waals surface area contributed by atoms with E-state index in [-0.39, 0.29) is 11.5 Å². The SMILES string of the molecule is Cc1cccc(NC(=O)NC(Cc2ccccc2)c2nnc(SCc3ccc(F)cc3)n2-c2ccc([N+](=O)[O-])cc2)c1. The smallest absolute Gasteiger partial charge is 0.319 e. The molecule has 0 aliphatic rings. The van der Waals surface area contributed by atoms with Crippen molar-refractivity contribution in [2.45, 2.75) is 30.3 Å². The van der Waals surface area contributed by atoms with Gasteiger partial charge in [0, 0.05) is 35.7 Å². The average molecular weight is 583 g/mol. The van der Waals surface area contributed by atoms with Crippen LogP contribution in [0.15, 0.2) is 108 Å². The minimum Gasteiger partial charge on any atom is -0.327 e. The number of amides is 2. The number of carbonyl (C=O) groups is 1. The molecule has 1 unspecified atom stereocenters. The maximum Gasteiger partial charge on any atom is 0.319 e. The molecule has 0 radical (unpaired) electrons. The van der Waals surface area contributed by atoms with Gasteiger partial charge in [0.25, 0.3) is 5.69 Å². The Hall–Kier alpha value is -5.03. The maximum absolute atomic E-state index is 13.4. The van der Waals surface area contributed by atoms with Crippen LogP contribution >= 0.6 is 11.8 Å². The van der Waals surface area contributed by atoms with Gasteiger partial charge in [-0.3, -0.25) is 14.7 Å². The monoisotopic (exact) mass is 582 g/mol. The van der Waals surface area contributed by atoms with Crippen molar-refractivity contribution in [3.63, 3.8) is 0 Å². The number of halogens is 1. The molecule has 0 aliphatic heterocycles. The van der Waals surface area contributed by atoms with E-state index in [1.54, 1.807) is 28.8 Å². The number of aromatic nitrogens is 3. The zero-order valence-electron chi connectivity index (χ0n) is 22.6. The molecular formula is C31H27FN6O3S. The standard InChI is InChI=1S/C31H27FN6O3S/c1-21-6-5-9-25(18-21)33-30(39)34-28(19-22-7-3-2-4-8-22)29-35-36-31(42-20-23-10-12-24(32)13-11-23)37(29)26-14-16-27(17-15-26)38(40)41/h2-18,28H,19-20H2,1H3,(H2,33,34,39). The fraction of sp³-hybridized carbons (Fsp3) is 0.129. The molecule has 0 saturated heterocycles. The van der Waals surface area contributed by atoms with E-state index in [1.165, 1.54) is 36.0 Å². The van der Waals surface area contributed by atoms with E-state index in [1.807, 2.05) is 61.5 Å². The van der Waals surface area contributed by atoms with Gasteiger partial charge in [0.05, 0.1) is 11.0 Å². The minimum atomic E-state index is -0.611. The molecule has 4 aromatic carbocycles. The van der Waals surface area contributed by atoms with Gasteiger partial charge >= 0.3 is 6.03 Å². The summed E-state index contributed by atoms with van der Waals surface area (Å²) in [6.07, 6.45) is 0.413. The number of nitro benzene ring substituents is 1. The topological polar surface area (TPSA) is 115 Å². The van der Waals surface area contributed by atoms with Crippen molar-refractivity contribution in [1.29, 1.82) is 0 Å². The molecule has 0 bridgehead atoms. The number of rotatable bonds is 10. The number of anilines is 1. The fourth-order valence-corrected chi connectivity index (χ4v) is 5.31. The van der Waals surface area contributed by atoms with E-state index in [9.17, 15) is 19.3 Å². The van der Waals surface area contributed by atoms with Gasteiger partial charge in [-0.1, -0.05) is 66.4 Å². The Balaban J connectivity index is 1.51. The molecule has 2 N–H and O–H groups in total. The van der Waals surface area contributed by atoms with Crippen molar-refractivity contribution < 1.29 is 14.1 Å². The Labute approximate surface area is 246 Å². The van der Waals surface area contributed by atoms with E-state index in [0.717, 1.165) is 16.7 Å². The summed E-state index contributed by atoms with van der Waals surface area (Å²) in [4.78, 5) is 24.1. The Morgan fingerprint density at radius 3 is 2.38 bits per heavy atom. The molecule has 42 heavy (non-hydrogen) atoms. The summed E-state index contributed by atoms with van der Waals surface area (Å²) >= 11 is 1.38. The van der Waals surface area contributed by atoms with Crippen molar-refractivity contribution in [2.24, 2.45) is 0 Å². The van der Waals surface area contributed by atoms with Crippen LogP contribution in [0.25, 0.3) is 5.69 Å². The highest BCUT2D eigenvalue weighted by Crippen LogP contribution is 2.30. The maximum atomic E-state index is 13.4. The van der Waals surface area contributed by atoms with E-state index in [2.05, 4.69) is 20.8 Å². The molecule has 9 nitrogen and oxygen atoms in total. The van der Waals surface area contributed by atoms with Gasteiger partial charge in [0.15, 0.2) is 11.0 Å². The third kappa shape index (κ3) is 7.18. The largest absolute Gasteiger partial charge is 0.327 e. The number of thioether (sulfide) groups is 1. The van der Waals surface area contributed by atoms with Crippen LogP contribution in [0.3, 0.4) is 0 Å². The summed E-state index contributed by atoms with van der Waals surface area (Å²) in [6.45, 7) is 1.94. The van der Waals surface area contributed by atoms with E-state index in [0.29, 0.717) is 34.5 Å². The van der Waals surface area contributed by atoms with Crippen LogP contribution in [0.4, 0.5) is 20.6 Å². The first kappa shape index (κ1) is 28.5. The molecule has 2 amide bonds. The molecule has 0 saturated carbocycles. The predicted octanol–water partition coefficient (Wildman–Crippen LogP) is 7.02. The number of hydrogen-bond donors (Lipinski definition) is 2. The number of benzene rings is 4. The summed E-state index contributed by atoms with van der Waals surface area (Å²) in [6, 6.07) is 28.4. The highest BCUT2D eigenvalue weighted by molar-refractivity contribution is 7.98. The first-order valence-corrected chi connectivity index (χ1v) is 14.1. The quantitative estimate of drug-likeness (QED) is 0.104. The molecule has 0 aliphatic carbocycles. The van der Waals surface area contributed by atoms with E-state index < -0.39 is 17.0 Å². The number of hydrogen-bond acceptors (Lipinski definition) is 6. The summed E-state index contributed by atoms with van der Waals surface area (Å²) < 4.78 is 15.2. The second-order valence-electron chi connectivity index (χ2n) is 9.58. The number of aryl methyl sites for hydroxylation is 1. The Bertz CT molecular complexity index is 1680. The zero-order chi connectivity index (χ0) is 29.5. The number of urea groups is 1. The van der Waals surface area contributed by atoms with Gasteiger partial charge in [-0.05, 0) is 60.0 Å². The van der Waals surface area contributed by atoms with Crippen molar-refractivity contribution >= 4 is 29.2 Å². The first-order chi connectivity index (χ1) is 20.4. The normalized spacial score (nSPS) is 11.6. The van der Waals surface area contributed by atoms with Crippen LogP contribution in [0, 0.1) is 22.9 Å². The van der Waals surface area contributed by atoms with Crippen LogP contribution in [0.1, 0.15) is 28.6 Å². The zero-order valence-corrected chi connectivity index (χ0v) is 23.4. The van der Waals surface area contributed by atoms with Gasteiger partial charge in [-0.25, -0.2) is 9.18 Å². The van der Waals surface area contributed by atoms with Crippen LogP contribution in [-0.4, -0.2) is 25.7 Å². The van der Waals surface area contributed by atoms with Crippen molar-refractivity contribution in [2.75, 3.05) is 5.32 Å². The lowest BCUT2D eigenvalue weighted by Gasteiger charge is -2.20. The lowest BCUT2D eigenvalue weighted by atomic mass is 10.1. The minimum absolute atomic E-state index is 0.0506. The number of nitrogens with one attached hydrogen (secondary N) is 2. The molecule has 11 heteroatoms. The summed E-state index contributed by atoms with van der Waals surface area (Å²) in [7, 11) is 0. The molecule has 212 valence electrons. The summed E-state index contributed by atoms with van der Waals surface area (Å²) in [5.74, 6) is 0.614. The molecule has 1 heterocycles. The molecular weight excluding hydrogens is 555 g/mol. The second-order valence-corrected chi connectivity index (χ2v) is 10.5. The first-order valence-electron chi connectivity index (χ1n) is 13.1. The predicted molar refractivity (Wildman–Crippen MR) is 160 cm³/mol. The van der Waals surface area contributed by atoms with Gasteiger partial charge in [0.2, 0.25) is 0 Å². The molecule has 0 fully saturated rings. The number of non-ortho nitro benzene ring substituents is 1. The molecule has 1 atom stereocenters. The molecule has 1 aromatic heterocycles. The molecule has 5 aromatic rings. The average Bonchev–Trinajstić information content (AvgIpc) is 3.41. The molecule has 0 spiro atoms. The third-order valence-corrected chi connectivity index (χ3v) is 7.43. The van der Waals surface area contributed by atoms with Gasteiger partial charge in [-0.2, -0.15) is 0 Å². The van der Waals surface area contributed by atoms with Crippen molar-refractivity contribution in [3.8, 4) is 5.69 Å². The summed E-state index contributed by atoms with van der Waals surface area (Å²) in [5.41, 5.74) is 4.06. The molecule has 5 rings (SSSR count). The lowest BCUT2D eigenvalue weighted by molar-refractivity contribution is -0.384. The Morgan fingerprint density at radius 2 is 1.69 bits per heavy atom. The van der Waals surface area contributed by atoms with Crippen LogP contribution < -0.4 is 10.6 Å². The van der Waals surface area contributed by atoms with Crippen LogP contribution in [-0.2, 0) is 12.2 Å². The van der Waals surface area contributed by atoms with Crippen molar-refractivity contribution in [1.82, 2.24) is 20.1 Å². The third-order valence-electron chi connectivity index (χ3n) is 6.43. The van der Waals surface area contributed by atoms with E-state index in [4.69, 9.17) is 0 Å². The lowest BCUT2D eigenvalue weighted by Crippen LogP contribution is -2.35. The van der Waals surface area contributed by atoms with Crippen molar-refractivity contribution in [3.05, 3.63) is 142 Å². The Morgan fingerprint density at radius 1 is 0.952 bits per heavy atom. The van der Waals surface area contributed by atoms with Gasteiger partial charge < -0.3 is 10.6 Å². The summed E-state index contributed by atoms with van der Waals surface area (Å²) in [5, 5.41) is 26.7. The van der Waals surface area contributed by atoms with Gasteiger partial charge in [-0.15, -0.1) is 10.2 Å². The number of nitro groups is 1. The second kappa shape index (κ2) is 13.1. The Kier molecular flexibility index (Phi) is 8.88. The number of carbonyl (C=O) groups excluding carboxylic acids is 1. The van der Waals surface area contributed by atoms with Crippen LogP contribution in [0.2, 0.25) is 0 Å². The van der Waals surface area contributed by atoms with Crippen LogP contribution in [0.5, 0.6) is 0 Å². The van der Waals surface area contributed by atoms with E-state index >= 15 is 0 Å². The van der Waals surface area contributed by atoms with Gasteiger partial charge in [0.1, 0.15) is 5.82 Å².